The Morgan fingerprint density at radius 2 is 1.28 bits per heavy atom. The maximum Gasteiger partial charge on any atom is 0.268 e. The molecule has 0 fully saturated rings. The third kappa shape index (κ3) is 4.02. The van der Waals surface area contributed by atoms with Crippen molar-refractivity contribution in [3.63, 3.8) is 0 Å². The minimum absolute atomic E-state index is 0.302. The molecular weight excluding hydrogens is 568 g/mol. The van der Waals surface area contributed by atoms with Crippen molar-refractivity contribution in [1.29, 1.82) is 5.26 Å². The summed E-state index contributed by atoms with van der Waals surface area (Å²) < 4.78 is 1.95. The number of hydrogen-bond donors (Lipinski definition) is 0. The number of aromatic nitrogens is 1. The molecule has 6 heteroatoms. The van der Waals surface area contributed by atoms with Crippen LogP contribution in [0.25, 0.3) is 54.6 Å². The molecule has 0 bridgehead atoms. The predicted molar refractivity (Wildman–Crippen MR) is 180 cm³/mol. The topological polar surface area (TPSA) is 70.5 Å². The molecule has 6 nitrogen and oxygen atoms in total. The number of benzene rings is 6. The number of nitrogens with zero attached hydrogens (tertiary/aromatic N) is 4. The first kappa shape index (κ1) is 26.8. The lowest BCUT2D eigenvalue weighted by Gasteiger charge is -2.20. The van der Waals surface area contributed by atoms with E-state index in [1.54, 1.807) is 36.4 Å². The van der Waals surface area contributed by atoms with Gasteiger partial charge in [-0.2, -0.15) is 5.26 Å². The fraction of sp³-hybridized carbons (Fsp3) is 0. The summed E-state index contributed by atoms with van der Waals surface area (Å²) in [5, 5.41) is 11.2. The summed E-state index contributed by atoms with van der Waals surface area (Å²) in [4.78, 5) is 33.6. The van der Waals surface area contributed by atoms with Crippen LogP contribution in [0.5, 0.6) is 0 Å². The summed E-state index contributed by atoms with van der Waals surface area (Å²) in [6.07, 6.45) is 0. The van der Waals surface area contributed by atoms with Gasteiger partial charge in [-0.25, -0.2) is 9.74 Å². The first-order valence-corrected chi connectivity index (χ1v) is 14.7. The molecule has 0 N–H and O–H groups in total. The van der Waals surface area contributed by atoms with E-state index in [1.165, 1.54) is 4.90 Å². The molecule has 0 aliphatic carbocycles. The summed E-state index contributed by atoms with van der Waals surface area (Å²) >= 11 is 0. The van der Waals surface area contributed by atoms with Gasteiger partial charge in [-0.15, -0.1) is 0 Å². The highest BCUT2D eigenvalue weighted by Crippen LogP contribution is 2.42. The normalized spacial score (nSPS) is 12.3. The van der Waals surface area contributed by atoms with E-state index in [4.69, 9.17) is 6.57 Å². The Labute approximate surface area is 264 Å². The van der Waals surface area contributed by atoms with E-state index in [-0.39, 0.29) is 0 Å². The van der Waals surface area contributed by atoms with E-state index in [1.807, 2.05) is 102 Å². The monoisotopic (exact) mass is 590 g/mol. The van der Waals surface area contributed by atoms with Gasteiger partial charge in [0.05, 0.1) is 51.7 Å². The maximum absolute atomic E-state index is 14.5. The summed E-state index contributed by atoms with van der Waals surface area (Å²) in [6.45, 7) is 7.55. The Hall–Kier alpha value is -6.76. The van der Waals surface area contributed by atoms with Gasteiger partial charge in [-0.05, 0) is 76.7 Å². The first-order chi connectivity index (χ1) is 22.6. The minimum Gasteiger partial charge on any atom is -0.309 e. The first-order valence-electron chi connectivity index (χ1n) is 14.7. The largest absolute Gasteiger partial charge is 0.309 e. The Morgan fingerprint density at radius 1 is 0.587 bits per heavy atom. The lowest BCUT2D eigenvalue weighted by molar-refractivity contribution is 0.0926. The summed E-state index contributed by atoms with van der Waals surface area (Å²) in [5.41, 5.74) is 7.83. The second kappa shape index (κ2) is 10.4. The van der Waals surface area contributed by atoms with E-state index in [0.29, 0.717) is 33.8 Å². The molecule has 1 aliphatic heterocycles. The number of carbonyl (C=O) groups is 2. The van der Waals surface area contributed by atoms with Crippen molar-refractivity contribution in [2.45, 2.75) is 0 Å². The van der Waals surface area contributed by atoms with Crippen molar-refractivity contribution in [2.75, 3.05) is 4.90 Å². The zero-order valence-electron chi connectivity index (χ0n) is 24.3. The third-order valence-corrected chi connectivity index (χ3v) is 8.57. The van der Waals surface area contributed by atoms with Crippen LogP contribution < -0.4 is 4.90 Å². The predicted octanol–water partition coefficient (Wildman–Crippen LogP) is 9.34. The highest BCUT2D eigenvalue weighted by Gasteiger charge is 2.40. The molecule has 0 unspecified atom stereocenters. The van der Waals surface area contributed by atoms with Gasteiger partial charge < -0.3 is 4.57 Å². The van der Waals surface area contributed by atoms with Gasteiger partial charge >= 0.3 is 0 Å². The van der Waals surface area contributed by atoms with Crippen molar-refractivity contribution >= 4 is 45.0 Å². The molecule has 2 amide bonds. The van der Waals surface area contributed by atoms with Crippen molar-refractivity contribution in [3.05, 3.63) is 162 Å². The zero-order valence-corrected chi connectivity index (χ0v) is 24.3. The molecule has 214 valence electrons. The van der Waals surface area contributed by atoms with Crippen LogP contribution in [0.4, 0.5) is 11.4 Å². The van der Waals surface area contributed by atoms with Crippen LogP contribution in [0.1, 0.15) is 26.3 Å². The van der Waals surface area contributed by atoms with Gasteiger partial charge in [0.25, 0.3) is 11.8 Å². The molecule has 0 atom stereocenters. The van der Waals surface area contributed by atoms with Crippen LogP contribution in [-0.4, -0.2) is 16.4 Å². The number of fused-ring (bicyclic) bond motifs is 4. The standard InChI is InChI=1S/C40H22N4O2/c1-42-29-17-20-36-33(23-29)32-21-25(24-41)15-18-35(32)43(36)37-14-8-13-30-38(37)40(46)44(39(30)45)34-19-16-28(26-9-4-2-5-10-26)22-31(34)27-11-6-3-7-12-27/h2-23H. The fourth-order valence-electron chi connectivity index (χ4n) is 6.47. The van der Waals surface area contributed by atoms with Crippen molar-refractivity contribution in [1.82, 2.24) is 4.57 Å². The molecule has 0 spiro atoms. The molecule has 0 saturated carbocycles. The van der Waals surface area contributed by atoms with Gasteiger partial charge in [-0.1, -0.05) is 78.9 Å². The number of nitriles is 1. The minimum atomic E-state index is -0.415. The lowest BCUT2D eigenvalue weighted by Crippen LogP contribution is -2.30. The van der Waals surface area contributed by atoms with Crippen LogP contribution >= 0.6 is 0 Å². The number of hydrogen-bond acceptors (Lipinski definition) is 3. The molecule has 8 rings (SSSR count). The second-order valence-corrected chi connectivity index (χ2v) is 11.1. The molecule has 1 aliphatic rings. The van der Waals surface area contributed by atoms with Crippen molar-refractivity contribution in [3.8, 4) is 34.0 Å². The van der Waals surface area contributed by atoms with Gasteiger partial charge in [0.15, 0.2) is 5.69 Å². The summed E-state index contributed by atoms with van der Waals surface area (Å²) in [7, 11) is 0. The zero-order chi connectivity index (χ0) is 31.4. The molecule has 0 saturated heterocycles. The highest BCUT2D eigenvalue weighted by molar-refractivity contribution is 6.36. The molecule has 7 aromatic rings. The fourth-order valence-corrected chi connectivity index (χ4v) is 6.47. The second-order valence-electron chi connectivity index (χ2n) is 11.1. The van der Waals surface area contributed by atoms with Gasteiger partial charge in [0.1, 0.15) is 0 Å². The Bertz CT molecular complexity index is 2410. The van der Waals surface area contributed by atoms with Crippen molar-refractivity contribution < 1.29 is 9.59 Å². The van der Waals surface area contributed by atoms with E-state index in [2.05, 4.69) is 10.9 Å². The number of carbonyl (C=O) groups excluding carboxylic acids is 2. The Balaban J connectivity index is 1.34. The maximum atomic E-state index is 14.5. The van der Waals surface area contributed by atoms with Crippen LogP contribution in [0.15, 0.2) is 133 Å². The van der Waals surface area contributed by atoms with Crippen LogP contribution in [-0.2, 0) is 0 Å². The van der Waals surface area contributed by atoms with E-state index < -0.39 is 11.8 Å². The number of imide groups is 1. The molecular formula is C40H22N4O2. The van der Waals surface area contributed by atoms with Crippen LogP contribution in [0, 0.1) is 17.9 Å². The van der Waals surface area contributed by atoms with Crippen LogP contribution in [0.2, 0.25) is 0 Å². The Morgan fingerprint density at radius 3 is 2.00 bits per heavy atom. The third-order valence-electron chi connectivity index (χ3n) is 8.57. The SMILES string of the molecule is [C-]#[N+]c1ccc2c(c1)c1cc(C#N)ccc1n2-c1cccc2c1C(=O)N(c1ccc(-c3ccccc3)cc1-c1ccccc1)C2=O. The molecule has 2 heterocycles. The molecule has 1 aromatic heterocycles. The summed E-state index contributed by atoms with van der Waals surface area (Å²) in [6, 6.07) is 43.8. The van der Waals surface area contributed by atoms with Gasteiger partial charge in [0, 0.05) is 10.9 Å². The van der Waals surface area contributed by atoms with Gasteiger partial charge in [0.2, 0.25) is 0 Å². The average molecular weight is 591 g/mol. The van der Waals surface area contributed by atoms with E-state index in [0.717, 1.165) is 44.1 Å². The number of rotatable bonds is 4. The Kier molecular flexibility index (Phi) is 6.10. The number of amides is 2. The highest BCUT2D eigenvalue weighted by atomic mass is 16.2. The average Bonchev–Trinajstić information content (AvgIpc) is 3.58. The smallest absolute Gasteiger partial charge is 0.268 e. The lowest BCUT2D eigenvalue weighted by atomic mass is 9.97. The van der Waals surface area contributed by atoms with Crippen molar-refractivity contribution in [2.24, 2.45) is 0 Å². The van der Waals surface area contributed by atoms with E-state index >= 15 is 0 Å². The molecule has 46 heavy (non-hydrogen) atoms. The quantitative estimate of drug-likeness (QED) is 0.151. The van der Waals surface area contributed by atoms with Crippen LogP contribution in [0.3, 0.4) is 0 Å². The van der Waals surface area contributed by atoms with E-state index in [9.17, 15) is 14.9 Å². The molecule has 0 radical (unpaired) electrons. The molecule has 6 aromatic carbocycles. The summed E-state index contributed by atoms with van der Waals surface area (Å²) in [5.74, 6) is -0.809. The van der Waals surface area contributed by atoms with Gasteiger partial charge in [-0.3, -0.25) is 9.59 Å². The number of anilines is 1.